The van der Waals surface area contributed by atoms with Crippen molar-refractivity contribution in [3.63, 3.8) is 0 Å². The highest BCUT2D eigenvalue weighted by molar-refractivity contribution is 5.71. The molecule has 0 saturated heterocycles. The van der Waals surface area contributed by atoms with Crippen LogP contribution in [0.2, 0.25) is 0 Å². The molecule has 0 fully saturated rings. The van der Waals surface area contributed by atoms with Gasteiger partial charge in [0, 0.05) is 12.8 Å². The van der Waals surface area contributed by atoms with E-state index in [-0.39, 0.29) is 38.2 Å². The smallest absolute Gasteiger partial charge is 0.361 e. The van der Waals surface area contributed by atoms with E-state index >= 15 is 0 Å². The summed E-state index contributed by atoms with van der Waals surface area (Å²) in [6.45, 7) is 4.85. The number of unbranched alkanes of at least 4 members (excludes halogenated alkanes) is 57. The lowest BCUT2D eigenvalue weighted by molar-refractivity contribution is -0.870. The van der Waals surface area contributed by atoms with Gasteiger partial charge in [0.2, 0.25) is 0 Å². The lowest BCUT2D eigenvalue weighted by Crippen LogP contribution is -2.40. The predicted molar refractivity (Wildman–Crippen MR) is 415 cm³/mol. The van der Waals surface area contributed by atoms with Crippen molar-refractivity contribution in [1.29, 1.82) is 0 Å². The average molecular weight is 1350 g/mol. The highest BCUT2D eigenvalue weighted by Gasteiger charge is 2.25. The molecule has 96 heavy (non-hydrogen) atoms. The van der Waals surface area contributed by atoms with Gasteiger partial charge in [0.15, 0.2) is 6.10 Å². The number of allylic oxidation sites excluding steroid dienone is 8. The van der Waals surface area contributed by atoms with Gasteiger partial charge in [0.25, 0.3) is 6.29 Å². The number of carboxylic acids is 1. The summed E-state index contributed by atoms with van der Waals surface area (Å²) in [6, 6.07) is 0. The number of ether oxygens (including phenoxy) is 4. The third kappa shape index (κ3) is 78.6. The van der Waals surface area contributed by atoms with Gasteiger partial charge >= 0.3 is 17.9 Å². The number of hydrogen-bond acceptors (Lipinski definition) is 7. The second-order valence-corrected chi connectivity index (χ2v) is 30.1. The topological polar surface area (TPSA) is 108 Å². The Morgan fingerprint density at radius 1 is 0.323 bits per heavy atom. The zero-order valence-electron chi connectivity index (χ0n) is 64.8. The molecule has 0 aromatic heterocycles. The number of likely N-dealkylation sites (N-methyl/N-ethyl adjacent to an activating group) is 1. The van der Waals surface area contributed by atoms with E-state index in [0.717, 1.165) is 64.2 Å². The molecule has 0 amide bonds. The minimum absolute atomic E-state index is 0.176. The van der Waals surface area contributed by atoms with Crippen LogP contribution in [0.5, 0.6) is 0 Å². The van der Waals surface area contributed by atoms with Gasteiger partial charge < -0.3 is 28.5 Å². The largest absolute Gasteiger partial charge is 0.477 e. The zero-order chi connectivity index (χ0) is 69.7. The Morgan fingerprint density at radius 2 is 0.594 bits per heavy atom. The van der Waals surface area contributed by atoms with Crippen molar-refractivity contribution in [2.24, 2.45) is 0 Å². The number of carboxylic acid groups (broad SMARTS) is 1. The van der Waals surface area contributed by atoms with Crippen molar-refractivity contribution in [3.8, 4) is 0 Å². The van der Waals surface area contributed by atoms with E-state index in [4.69, 9.17) is 18.9 Å². The molecule has 0 aromatic carbocycles. The summed E-state index contributed by atoms with van der Waals surface area (Å²) in [5.74, 6) is -1.97. The summed E-state index contributed by atoms with van der Waals surface area (Å²) >= 11 is 0. The molecular weight excluding hydrogens is 1190 g/mol. The van der Waals surface area contributed by atoms with Crippen LogP contribution >= 0.6 is 0 Å². The Bertz CT molecular complexity index is 1720. The van der Waals surface area contributed by atoms with Gasteiger partial charge in [-0.2, -0.15) is 0 Å². The number of nitrogens with zero attached hydrogens (tertiary/aromatic N) is 1. The molecule has 2 atom stereocenters. The molecule has 9 heteroatoms. The van der Waals surface area contributed by atoms with Crippen LogP contribution in [-0.4, -0.2) is 87.4 Å². The summed E-state index contributed by atoms with van der Waals surface area (Å²) in [4.78, 5) is 37.8. The summed E-state index contributed by atoms with van der Waals surface area (Å²) in [7, 11) is 6.00. The van der Waals surface area contributed by atoms with Gasteiger partial charge in [-0.25, -0.2) is 4.79 Å². The molecule has 0 aliphatic heterocycles. The van der Waals surface area contributed by atoms with Crippen molar-refractivity contribution in [3.05, 3.63) is 48.6 Å². The van der Waals surface area contributed by atoms with E-state index in [9.17, 15) is 19.5 Å². The quantitative estimate of drug-likeness (QED) is 0.0211. The van der Waals surface area contributed by atoms with E-state index in [0.29, 0.717) is 17.4 Å². The molecule has 9 nitrogen and oxygen atoms in total. The van der Waals surface area contributed by atoms with Crippen LogP contribution in [0.15, 0.2) is 48.6 Å². The lowest BCUT2D eigenvalue weighted by Gasteiger charge is -2.25. The van der Waals surface area contributed by atoms with Crippen molar-refractivity contribution >= 4 is 17.9 Å². The van der Waals surface area contributed by atoms with Crippen LogP contribution < -0.4 is 0 Å². The van der Waals surface area contributed by atoms with Crippen LogP contribution in [0.1, 0.15) is 431 Å². The number of quaternary nitrogens is 1. The summed E-state index contributed by atoms with van der Waals surface area (Å²) in [5, 5.41) is 9.78. The Kier molecular flexibility index (Phi) is 75.7. The molecule has 1 N–H and O–H groups in total. The molecule has 0 saturated carbocycles. The molecule has 0 heterocycles. The average Bonchev–Trinajstić information content (AvgIpc) is 2.59. The second kappa shape index (κ2) is 78.0. The SMILES string of the molecule is CC/C=C\C/C=C\C/C=C\C/C=C\CCCCCCCCCCCCCCCCCCCCC(=O)OC(COC(=O)CCCCCCCCCCCCCCCCCCCCCCCCCCCCCCCCCCCCCCCCCC)COC(OCC[N+](C)(C)C)C(=O)O. The van der Waals surface area contributed by atoms with E-state index in [1.807, 2.05) is 21.1 Å². The zero-order valence-corrected chi connectivity index (χ0v) is 64.8. The fourth-order valence-corrected chi connectivity index (χ4v) is 13.0. The van der Waals surface area contributed by atoms with Gasteiger partial charge in [-0.1, -0.05) is 416 Å². The van der Waals surface area contributed by atoms with Crippen molar-refractivity contribution in [2.45, 2.75) is 444 Å². The third-order valence-electron chi connectivity index (χ3n) is 19.3. The minimum atomic E-state index is -1.51. The summed E-state index contributed by atoms with van der Waals surface area (Å²) < 4.78 is 23.1. The second-order valence-electron chi connectivity index (χ2n) is 30.1. The summed E-state index contributed by atoms with van der Waals surface area (Å²) in [6.07, 6.45) is 100. The highest BCUT2D eigenvalue weighted by Crippen LogP contribution is 2.21. The van der Waals surface area contributed by atoms with Gasteiger partial charge in [-0.3, -0.25) is 9.59 Å². The number of hydrogen-bond donors (Lipinski definition) is 1. The normalized spacial score (nSPS) is 12.8. The molecule has 0 spiro atoms. The first-order valence-electron chi connectivity index (χ1n) is 42.3. The van der Waals surface area contributed by atoms with E-state index in [1.165, 1.54) is 340 Å². The molecule has 564 valence electrons. The number of esters is 2. The van der Waals surface area contributed by atoms with Crippen LogP contribution in [0.4, 0.5) is 0 Å². The fraction of sp³-hybridized carbons (Fsp3) is 0.874. The van der Waals surface area contributed by atoms with Crippen molar-refractivity contribution in [2.75, 3.05) is 47.5 Å². The first-order chi connectivity index (χ1) is 47.1. The van der Waals surface area contributed by atoms with Crippen molar-refractivity contribution < 1.29 is 42.9 Å². The molecule has 0 aliphatic rings. The standard InChI is InChI=1S/C87H163NO8/c1-6-8-10-12-14-16-18-20-22-24-26-28-30-32-34-36-38-39-40-41-42-43-44-45-46-48-49-51-53-55-57-59-61-63-65-67-69-71-73-75-77-84(89)94-81-83(82-95-87(86(91)92)93-80-79-88(3,4)5)96-85(90)78-76-74-72-70-68-66-64-62-60-58-56-54-52-50-47-37-35-33-31-29-27-25-23-21-19-17-15-13-11-9-7-2/h9,11,15,17,21,23,27,29,83,87H,6-8,10,12-14,16,18-20,22,24-26,28,30-82H2,1-5H3/p+1/b11-9-,17-15-,23-21-,29-27-. The fourth-order valence-electron chi connectivity index (χ4n) is 13.0. The summed E-state index contributed by atoms with van der Waals surface area (Å²) in [5.41, 5.74) is 0. The first kappa shape index (κ1) is 93.2. The molecule has 0 aliphatic carbocycles. The molecule has 0 radical (unpaired) electrons. The first-order valence-corrected chi connectivity index (χ1v) is 42.3. The molecule has 0 bridgehead atoms. The number of rotatable bonds is 80. The lowest BCUT2D eigenvalue weighted by atomic mass is 10.0. The third-order valence-corrected chi connectivity index (χ3v) is 19.3. The van der Waals surface area contributed by atoms with Gasteiger partial charge in [-0.15, -0.1) is 0 Å². The van der Waals surface area contributed by atoms with Crippen LogP contribution in [0.25, 0.3) is 0 Å². The highest BCUT2D eigenvalue weighted by atomic mass is 16.7. The predicted octanol–water partition coefficient (Wildman–Crippen LogP) is 27.2. The van der Waals surface area contributed by atoms with Gasteiger partial charge in [0.1, 0.15) is 13.2 Å². The van der Waals surface area contributed by atoms with E-state index in [1.54, 1.807) is 0 Å². The van der Waals surface area contributed by atoms with Gasteiger partial charge in [0.05, 0.1) is 34.4 Å². The van der Waals surface area contributed by atoms with Crippen LogP contribution in [0, 0.1) is 0 Å². The Balaban J connectivity index is 3.91. The number of carbonyl (C=O) groups is 3. The minimum Gasteiger partial charge on any atom is -0.477 e. The molecule has 0 rings (SSSR count). The Hall–Kier alpha value is -2.75. The Labute approximate surface area is 597 Å². The molecule has 2 unspecified atom stereocenters. The molecule has 0 aromatic rings. The van der Waals surface area contributed by atoms with E-state index in [2.05, 4.69) is 62.5 Å². The number of aliphatic carboxylic acids is 1. The van der Waals surface area contributed by atoms with Crippen LogP contribution in [0.3, 0.4) is 0 Å². The maximum absolute atomic E-state index is 13.0. The van der Waals surface area contributed by atoms with E-state index < -0.39 is 18.4 Å². The maximum atomic E-state index is 13.0. The Morgan fingerprint density at radius 3 is 0.885 bits per heavy atom. The van der Waals surface area contributed by atoms with Crippen molar-refractivity contribution in [1.82, 2.24) is 0 Å². The van der Waals surface area contributed by atoms with Gasteiger partial charge in [-0.05, 0) is 51.4 Å². The van der Waals surface area contributed by atoms with Crippen LogP contribution in [-0.2, 0) is 33.3 Å². The number of carbonyl (C=O) groups excluding carboxylic acids is 2. The monoisotopic (exact) mass is 1350 g/mol. The maximum Gasteiger partial charge on any atom is 0.361 e. The molecular formula is C87H164NO8+.